The van der Waals surface area contributed by atoms with Crippen LogP contribution in [0.1, 0.15) is 17.5 Å². The Kier molecular flexibility index (Phi) is 6.47. The first-order valence-corrected chi connectivity index (χ1v) is 10.2. The lowest BCUT2D eigenvalue weighted by molar-refractivity contribution is 0.324. The van der Waals surface area contributed by atoms with Crippen molar-refractivity contribution in [3.8, 4) is 28.7 Å². The van der Waals surface area contributed by atoms with Gasteiger partial charge in [-0.05, 0) is 29.8 Å². The molecule has 0 aliphatic heterocycles. The van der Waals surface area contributed by atoms with Gasteiger partial charge in [0.15, 0.2) is 11.5 Å². The van der Waals surface area contributed by atoms with Gasteiger partial charge in [0.05, 0.1) is 21.3 Å². The van der Waals surface area contributed by atoms with Gasteiger partial charge in [-0.25, -0.2) is 0 Å². The molecule has 7 nitrogen and oxygen atoms in total. The number of aromatic nitrogens is 2. The van der Waals surface area contributed by atoms with Crippen LogP contribution in [0.25, 0.3) is 11.5 Å². The molecule has 0 saturated carbocycles. The molecule has 0 spiro atoms. The first kappa shape index (κ1) is 21.5. The van der Waals surface area contributed by atoms with Crippen LogP contribution in [0.4, 0.5) is 5.69 Å². The van der Waals surface area contributed by atoms with Gasteiger partial charge in [-0.1, -0.05) is 41.9 Å². The molecule has 1 heterocycles. The fraction of sp³-hybridized carbons (Fsp3) is 0.167. The summed E-state index contributed by atoms with van der Waals surface area (Å²) in [4.78, 5) is 0. The van der Waals surface area contributed by atoms with Crippen LogP contribution >= 0.6 is 11.6 Å². The summed E-state index contributed by atoms with van der Waals surface area (Å²) in [5.74, 6) is 2.40. The molecule has 1 atom stereocenters. The van der Waals surface area contributed by atoms with Gasteiger partial charge < -0.3 is 23.9 Å². The van der Waals surface area contributed by atoms with E-state index in [1.807, 2.05) is 66.7 Å². The van der Waals surface area contributed by atoms with Crippen LogP contribution in [0, 0.1) is 0 Å². The minimum atomic E-state index is -0.444. The molecule has 3 aromatic carbocycles. The van der Waals surface area contributed by atoms with E-state index in [9.17, 15) is 0 Å². The van der Waals surface area contributed by atoms with Crippen molar-refractivity contribution >= 4 is 17.3 Å². The standard InChI is InChI=1S/C24H22ClN3O4/c1-29-19-13-18(14-20(30-2)22(19)31-3)26-21(15-9-11-17(25)12-10-15)24-28-27-23(32-24)16-7-5-4-6-8-16/h4-14,21,26H,1-3H3/t21-/m0/s1. The monoisotopic (exact) mass is 451 g/mol. The summed E-state index contributed by atoms with van der Waals surface area (Å²) in [7, 11) is 4.71. The summed E-state index contributed by atoms with van der Waals surface area (Å²) in [5, 5.41) is 12.6. The van der Waals surface area contributed by atoms with E-state index in [-0.39, 0.29) is 0 Å². The smallest absolute Gasteiger partial charge is 0.247 e. The van der Waals surface area contributed by atoms with Crippen LogP contribution < -0.4 is 19.5 Å². The molecule has 4 aromatic rings. The molecular weight excluding hydrogens is 430 g/mol. The molecule has 0 aliphatic rings. The van der Waals surface area contributed by atoms with Crippen LogP contribution in [-0.2, 0) is 0 Å². The lowest BCUT2D eigenvalue weighted by Crippen LogP contribution is -2.13. The third-order valence-electron chi connectivity index (χ3n) is 4.89. The molecule has 0 bridgehead atoms. The van der Waals surface area contributed by atoms with Crippen LogP contribution in [-0.4, -0.2) is 31.5 Å². The Morgan fingerprint density at radius 1 is 0.844 bits per heavy atom. The van der Waals surface area contributed by atoms with E-state index >= 15 is 0 Å². The Labute approximate surface area is 190 Å². The second-order valence-electron chi connectivity index (χ2n) is 6.85. The number of halogens is 1. The zero-order valence-electron chi connectivity index (χ0n) is 17.8. The molecule has 32 heavy (non-hydrogen) atoms. The summed E-state index contributed by atoms with van der Waals surface area (Å²) in [6.45, 7) is 0. The van der Waals surface area contributed by atoms with Gasteiger partial charge in [0.25, 0.3) is 0 Å². The lowest BCUT2D eigenvalue weighted by atomic mass is 10.1. The van der Waals surface area contributed by atoms with Crippen molar-refractivity contribution in [3.63, 3.8) is 0 Å². The molecule has 0 unspecified atom stereocenters. The lowest BCUT2D eigenvalue weighted by Gasteiger charge is -2.20. The predicted molar refractivity (Wildman–Crippen MR) is 123 cm³/mol. The van der Waals surface area contributed by atoms with Crippen molar-refractivity contribution in [1.82, 2.24) is 10.2 Å². The fourth-order valence-electron chi connectivity index (χ4n) is 3.32. The Balaban J connectivity index is 1.75. The maximum absolute atomic E-state index is 6.10. The SMILES string of the molecule is COc1cc(N[C@@H](c2ccc(Cl)cc2)c2nnc(-c3ccccc3)o2)cc(OC)c1OC. The maximum Gasteiger partial charge on any atom is 0.247 e. The highest BCUT2D eigenvalue weighted by molar-refractivity contribution is 6.30. The number of benzene rings is 3. The number of methoxy groups -OCH3 is 3. The van der Waals surface area contributed by atoms with Crippen molar-refractivity contribution in [3.05, 3.63) is 83.2 Å². The molecule has 8 heteroatoms. The van der Waals surface area contributed by atoms with E-state index in [4.69, 9.17) is 30.2 Å². The van der Waals surface area contributed by atoms with Gasteiger partial charge in [-0.2, -0.15) is 0 Å². The number of nitrogens with zero attached hydrogens (tertiary/aromatic N) is 2. The Bertz CT molecular complexity index is 1150. The summed E-state index contributed by atoms with van der Waals surface area (Å²) < 4.78 is 22.4. The molecule has 1 N–H and O–H groups in total. The van der Waals surface area contributed by atoms with Gasteiger partial charge >= 0.3 is 0 Å². The van der Waals surface area contributed by atoms with Crippen LogP contribution in [0.5, 0.6) is 17.2 Å². The predicted octanol–water partition coefficient (Wildman–Crippen LogP) is 5.62. The molecule has 4 rings (SSSR count). The number of hydrogen-bond acceptors (Lipinski definition) is 7. The minimum Gasteiger partial charge on any atom is -0.493 e. The molecule has 0 radical (unpaired) electrons. The normalized spacial score (nSPS) is 11.6. The van der Waals surface area contributed by atoms with E-state index in [1.165, 1.54) is 0 Å². The topological polar surface area (TPSA) is 78.6 Å². The third kappa shape index (κ3) is 4.48. The summed E-state index contributed by atoms with van der Waals surface area (Å²) in [6, 6.07) is 20.2. The van der Waals surface area contributed by atoms with Gasteiger partial charge in [0.2, 0.25) is 17.5 Å². The highest BCUT2D eigenvalue weighted by Crippen LogP contribution is 2.41. The molecule has 0 fully saturated rings. The average Bonchev–Trinajstić information content (AvgIpc) is 3.33. The van der Waals surface area contributed by atoms with E-state index in [1.54, 1.807) is 21.3 Å². The third-order valence-corrected chi connectivity index (χ3v) is 5.14. The second-order valence-corrected chi connectivity index (χ2v) is 7.29. The van der Waals surface area contributed by atoms with Gasteiger partial charge in [-0.15, -0.1) is 10.2 Å². The Morgan fingerprint density at radius 3 is 2.09 bits per heavy atom. The first-order valence-electron chi connectivity index (χ1n) is 9.83. The van der Waals surface area contributed by atoms with Gasteiger partial charge in [-0.3, -0.25) is 0 Å². The zero-order chi connectivity index (χ0) is 22.5. The van der Waals surface area contributed by atoms with E-state index < -0.39 is 6.04 Å². The number of nitrogens with one attached hydrogen (secondary N) is 1. The largest absolute Gasteiger partial charge is 0.493 e. The molecule has 0 amide bonds. The molecule has 0 aliphatic carbocycles. The van der Waals surface area contributed by atoms with Gasteiger partial charge in [0, 0.05) is 28.4 Å². The fourth-order valence-corrected chi connectivity index (χ4v) is 3.45. The Hall–Kier alpha value is -3.71. The van der Waals surface area contributed by atoms with Crippen molar-refractivity contribution in [2.24, 2.45) is 0 Å². The van der Waals surface area contributed by atoms with Crippen LogP contribution in [0.2, 0.25) is 5.02 Å². The highest BCUT2D eigenvalue weighted by Gasteiger charge is 2.23. The van der Waals surface area contributed by atoms with Gasteiger partial charge in [0.1, 0.15) is 6.04 Å². The van der Waals surface area contributed by atoms with Crippen molar-refractivity contribution in [2.75, 3.05) is 26.6 Å². The molecule has 164 valence electrons. The number of anilines is 1. The maximum atomic E-state index is 6.10. The molecular formula is C24H22ClN3O4. The van der Waals surface area contributed by atoms with Crippen LogP contribution in [0.3, 0.4) is 0 Å². The van der Waals surface area contributed by atoms with Crippen molar-refractivity contribution in [1.29, 1.82) is 0 Å². The average molecular weight is 452 g/mol. The van der Waals surface area contributed by atoms with Crippen molar-refractivity contribution < 1.29 is 18.6 Å². The van der Waals surface area contributed by atoms with E-state index in [0.29, 0.717) is 34.1 Å². The summed E-state index contributed by atoms with van der Waals surface area (Å²) in [6.07, 6.45) is 0. The minimum absolute atomic E-state index is 0.403. The number of ether oxygens (including phenoxy) is 3. The first-order chi connectivity index (χ1) is 15.6. The quantitative estimate of drug-likeness (QED) is 0.372. The highest BCUT2D eigenvalue weighted by atomic mass is 35.5. The van der Waals surface area contributed by atoms with E-state index in [2.05, 4.69) is 15.5 Å². The zero-order valence-corrected chi connectivity index (χ0v) is 18.6. The number of rotatable bonds is 8. The summed E-state index contributed by atoms with van der Waals surface area (Å²) in [5.41, 5.74) is 2.46. The number of hydrogen-bond donors (Lipinski definition) is 1. The van der Waals surface area contributed by atoms with Crippen molar-refractivity contribution in [2.45, 2.75) is 6.04 Å². The second kappa shape index (κ2) is 9.62. The molecule has 0 saturated heterocycles. The Morgan fingerprint density at radius 2 is 1.50 bits per heavy atom. The summed E-state index contributed by atoms with van der Waals surface area (Å²) >= 11 is 6.10. The van der Waals surface area contributed by atoms with E-state index in [0.717, 1.165) is 16.8 Å². The van der Waals surface area contributed by atoms with Crippen LogP contribution in [0.15, 0.2) is 71.1 Å². The molecule has 1 aromatic heterocycles.